The molecule has 3 aromatic rings. The molecule has 0 aliphatic rings. The zero-order valence-corrected chi connectivity index (χ0v) is 12.5. The first-order valence-electron chi connectivity index (χ1n) is 7.23. The second kappa shape index (κ2) is 6.54. The summed E-state index contributed by atoms with van der Waals surface area (Å²) in [6.45, 7) is 1.65. The van der Waals surface area contributed by atoms with Crippen LogP contribution in [0, 0.1) is 5.82 Å². The smallest absolute Gasteiger partial charge is 0.123 e. The van der Waals surface area contributed by atoms with Gasteiger partial charge in [-0.15, -0.1) is 0 Å². The minimum Gasteiger partial charge on any atom is -0.298 e. The van der Waals surface area contributed by atoms with Crippen LogP contribution < -0.4 is 0 Å². The number of rotatable bonds is 5. The van der Waals surface area contributed by atoms with Crippen LogP contribution in [0.1, 0.15) is 11.1 Å². The molecule has 1 N–H and O–H groups in total. The molecule has 1 aromatic heterocycles. The highest BCUT2D eigenvalue weighted by Crippen LogP contribution is 2.22. The number of benzene rings is 2. The molecule has 0 atom stereocenters. The minimum atomic E-state index is -0.231. The monoisotopic (exact) mass is 295 g/mol. The van der Waals surface area contributed by atoms with E-state index in [9.17, 15) is 4.39 Å². The van der Waals surface area contributed by atoms with Crippen molar-refractivity contribution in [2.75, 3.05) is 7.05 Å². The maximum absolute atomic E-state index is 13.0. The molecule has 2 aromatic carbocycles. The number of aromatic amines is 1. The van der Waals surface area contributed by atoms with E-state index in [0.29, 0.717) is 0 Å². The summed E-state index contributed by atoms with van der Waals surface area (Å²) < 4.78 is 13.0. The molecule has 1 heterocycles. The molecule has 4 heteroatoms. The molecule has 0 spiro atoms. The topological polar surface area (TPSA) is 31.9 Å². The normalized spacial score (nSPS) is 11.0. The van der Waals surface area contributed by atoms with Gasteiger partial charge in [0.05, 0.1) is 11.9 Å². The van der Waals surface area contributed by atoms with Crippen molar-refractivity contribution in [3.05, 3.63) is 77.7 Å². The van der Waals surface area contributed by atoms with E-state index in [1.165, 1.54) is 17.7 Å². The average Bonchev–Trinajstić information content (AvgIpc) is 2.97. The maximum Gasteiger partial charge on any atom is 0.123 e. The van der Waals surface area contributed by atoms with Gasteiger partial charge in [-0.25, -0.2) is 4.39 Å². The summed E-state index contributed by atoms with van der Waals surface area (Å²) in [5.41, 5.74) is 4.27. The Morgan fingerprint density at radius 2 is 1.73 bits per heavy atom. The highest BCUT2D eigenvalue weighted by atomic mass is 19.1. The summed E-state index contributed by atoms with van der Waals surface area (Å²) in [6.07, 6.45) is 1.83. The van der Waals surface area contributed by atoms with Crippen LogP contribution in [0.2, 0.25) is 0 Å². The van der Waals surface area contributed by atoms with Gasteiger partial charge in [-0.2, -0.15) is 5.10 Å². The van der Waals surface area contributed by atoms with Gasteiger partial charge in [0.2, 0.25) is 0 Å². The van der Waals surface area contributed by atoms with Gasteiger partial charge in [0, 0.05) is 24.2 Å². The van der Waals surface area contributed by atoms with Crippen molar-refractivity contribution >= 4 is 0 Å². The molecule has 0 aliphatic heterocycles. The van der Waals surface area contributed by atoms with Crippen LogP contribution in [-0.2, 0) is 13.1 Å². The number of nitrogens with zero attached hydrogens (tertiary/aromatic N) is 2. The predicted octanol–water partition coefficient (Wildman–Crippen LogP) is 3.85. The summed E-state index contributed by atoms with van der Waals surface area (Å²) in [6, 6.07) is 16.8. The highest BCUT2D eigenvalue weighted by Gasteiger charge is 2.10. The Morgan fingerprint density at radius 1 is 1.00 bits per heavy atom. The summed E-state index contributed by atoms with van der Waals surface area (Å²) in [4.78, 5) is 2.23. The van der Waals surface area contributed by atoms with E-state index >= 15 is 0 Å². The van der Waals surface area contributed by atoms with Crippen molar-refractivity contribution in [2.45, 2.75) is 13.1 Å². The number of H-pyrrole nitrogens is 1. The van der Waals surface area contributed by atoms with Gasteiger partial charge < -0.3 is 0 Å². The largest absolute Gasteiger partial charge is 0.298 e. The van der Waals surface area contributed by atoms with Crippen molar-refractivity contribution in [3.8, 4) is 11.3 Å². The third kappa shape index (κ3) is 3.40. The van der Waals surface area contributed by atoms with Crippen LogP contribution in [0.4, 0.5) is 4.39 Å². The molecule has 0 aliphatic carbocycles. The molecule has 0 saturated heterocycles. The van der Waals surface area contributed by atoms with Crippen LogP contribution in [0.15, 0.2) is 60.8 Å². The van der Waals surface area contributed by atoms with Gasteiger partial charge in [-0.3, -0.25) is 10.00 Å². The van der Waals surface area contributed by atoms with E-state index in [4.69, 9.17) is 0 Å². The lowest BCUT2D eigenvalue weighted by Gasteiger charge is -2.16. The molecule has 0 unspecified atom stereocenters. The van der Waals surface area contributed by atoms with Crippen LogP contribution in [0.5, 0.6) is 0 Å². The standard InChI is InChI=1S/C18H18FN3/c1-22(12-14-5-3-2-4-6-14)13-16-11-20-21-18(16)15-7-9-17(19)10-8-15/h2-11H,12-13H2,1H3,(H,20,21). The Balaban J connectivity index is 1.73. The Kier molecular flexibility index (Phi) is 4.30. The van der Waals surface area contributed by atoms with E-state index in [-0.39, 0.29) is 5.82 Å². The molecular formula is C18H18FN3. The lowest BCUT2D eigenvalue weighted by molar-refractivity contribution is 0.319. The van der Waals surface area contributed by atoms with Gasteiger partial charge in [0.1, 0.15) is 5.82 Å². The second-order valence-corrected chi connectivity index (χ2v) is 5.44. The van der Waals surface area contributed by atoms with E-state index < -0.39 is 0 Å². The number of halogens is 1. The third-order valence-electron chi connectivity index (χ3n) is 3.59. The first-order valence-corrected chi connectivity index (χ1v) is 7.23. The number of nitrogens with one attached hydrogen (secondary N) is 1. The Bertz CT molecular complexity index is 720. The van der Waals surface area contributed by atoms with Crippen LogP contribution >= 0.6 is 0 Å². The number of aromatic nitrogens is 2. The average molecular weight is 295 g/mol. The second-order valence-electron chi connectivity index (χ2n) is 5.44. The lowest BCUT2D eigenvalue weighted by atomic mass is 10.1. The van der Waals surface area contributed by atoms with E-state index in [1.54, 1.807) is 12.1 Å². The molecule has 3 nitrogen and oxygen atoms in total. The Morgan fingerprint density at radius 3 is 2.45 bits per heavy atom. The fraction of sp³-hybridized carbons (Fsp3) is 0.167. The first-order chi connectivity index (χ1) is 10.7. The Labute approximate surface area is 129 Å². The minimum absolute atomic E-state index is 0.231. The van der Waals surface area contributed by atoms with Crippen molar-refractivity contribution < 1.29 is 4.39 Å². The first kappa shape index (κ1) is 14.5. The molecular weight excluding hydrogens is 277 g/mol. The molecule has 112 valence electrons. The molecule has 22 heavy (non-hydrogen) atoms. The van der Waals surface area contributed by atoms with E-state index in [1.807, 2.05) is 24.4 Å². The SMILES string of the molecule is CN(Cc1ccccc1)Cc1cn[nH]c1-c1ccc(F)cc1. The molecule has 0 radical (unpaired) electrons. The summed E-state index contributed by atoms with van der Waals surface area (Å²) >= 11 is 0. The summed E-state index contributed by atoms with van der Waals surface area (Å²) in [5, 5.41) is 7.15. The molecule has 3 rings (SSSR count). The fourth-order valence-electron chi connectivity index (χ4n) is 2.54. The van der Waals surface area contributed by atoms with Crippen LogP contribution in [0.3, 0.4) is 0 Å². The van der Waals surface area contributed by atoms with Gasteiger partial charge >= 0.3 is 0 Å². The van der Waals surface area contributed by atoms with Crippen molar-refractivity contribution in [3.63, 3.8) is 0 Å². The fourth-order valence-corrected chi connectivity index (χ4v) is 2.54. The molecule has 0 fully saturated rings. The number of hydrogen-bond acceptors (Lipinski definition) is 2. The van der Waals surface area contributed by atoms with E-state index in [0.717, 1.165) is 29.9 Å². The van der Waals surface area contributed by atoms with Crippen LogP contribution in [0.25, 0.3) is 11.3 Å². The zero-order valence-electron chi connectivity index (χ0n) is 12.5. The van der Waals surface area contributed by atoms with Gasteiger partial charge in [-0.05, 0) is 36.9 Å². The predicted molar refractivity (Wildman–Crippen MR) is 85.6 cm³/mol. The molecule has 0 bridgehead atoms. The van der Waals surface area contributed by atoms with Gasteiger partial charge in [0.15, 0.2) is 0 Å². The third-order valence-corrected chi connectivity index (χ3v) is 3.59. The van der Waals surface area contributed by atoms with Crippen molar-refractivity contribution in [2.24, 2.45) is 0 Å². The van der Waals surface area contributed by atoms with Crippen molar-refractivity contribution in [1.29, 1.82) is 0 Å². The molecule has 0 saturated carbocycles. The summed E-state index contributed by atoms with van der Waals surface area (Å²) in [7, 11) is 2.08. The van der Waals surface area contributed by atoms with Crippen LogP contribution in [-0.4, -0.2) is 22.1 Å². The maximum atomic E-state index is 13.0. The van der Waals surface area contributed by atoms with E-state index in [2.05, 4.69) is 34.3 Å². The Hall–Kier alpha value is -2.46. The zero-order chi connectivity index (χ0) is 15.4. The quantitative estimate of drug-likeness (QED) is 0.775. The molecule has 0 amide bonds. The van der Waals surface area contributed by atoms with Gasteiger partial charge in [-0.1, -0.05) is 30.3 Å². The van der Waals surface area contributed by atoms with Gasteiger partial charge in [0.25, 0.3) is 0 Å². The highest BCUT2D eigenvalue weighted by molar-refractivity contribution is 5.62. The summed E-state index contributed by atoms with van der Waals surface area (Å²) in [5.74, 6) is -0.231. The van der Waals surface area contributed by atoms with Crippen molar-refractivity contribution in [1.82, 2.24) is 15.1 Å². The lowest BCUT2D eigenvalue weighted by Crippen LogP contribution is -2.17. The number of hydrogen-bond donors (Lipinski definition) is 1.